The number of urea groups is 1. The predicted octanol–water partition coefficient (Wildman–Crippen LogP) is 3.52. The summed E-state index contributed by atoms with van der Waals surface area (Å²) in [6.07, 6.45) is 1.79. The van der Waals surface area contributed by atoms with E-state index in [0.717, 1.165) is 24.0 Å². The number of nitrogens with zero attached hydrogens (tertiary/aromatic N) is 1. The largest absolute Gasteiger partial charge is 0.388 e. The summed E-state index contributed by atoms with van der Waals surface area (Å²) < 4.78 is 12.9. The van der Waals surface area contributed by atoms with E-state index in [0.29, 0.717) is 26.1 Å². The Hall–Kier alpha value is -2.40. The number of piperidine rings is 1. The fourth-order valence-electron chi connectivity index (χ4n) is 3.42. The normalized spacial score (nSPS) is 16.3. The molecule has 2 aromatic rings. The summed E-state index contributed by atoms with van der Waals surface area (Å²) in [5, 5.41) is 13.4. The summed E-state index contributed by atoms with van der Waals surface area (Å²) in [6.45, 7) is 1.82. The van der Waals surface area contributed by atoms with Crippen molar-refractivity contribution in [3.05, 3.63) is 71.5 Å². The molecule has 0 saturated carbocycles. The topological polar surface area (TPSA) is 52.6 Å². The summed E-state index contributed by atoms with van der Waals surface area (Å²) in [7, 11) is 0. The number of amides is 2. The molecule has 0 radical (unpaired) electrons. The second-order valence-electron chi connectivity index (χ2n) is 6.79. The third-order valence-electron chi connectivity index (χ3n) is 5.02. The molecule has 1 heterocycles. The lowest BCUT2D eigenvalue weighted by Gasteiger charge is -2.34. The predicted molar refractivity (Wildman–Crippen MR) is 99.2 cm³/mol. The van der Waals surface area contributed by atoms with Gasteiger partial charge in [0.25, 0.3) is 0 Å². The van der Waals surface area contributed by atoms with Crippen molar-refractivity contribution < 1.29 is 14.3 Å². The molecule has 26 heavy (non-hydrogen) atoms. The summed E-state index contributed by atoms with van der Waals surface area (Å²) in [4.78, 5) is 14.1. The van der Waals surface area contributed by atoms with E-state index in [1.165, 1.54) is 12.1 Å². The minimum Gasteiger partial charge on any atom is -0.388 e. The summed E-state index contributed by atoms with van der Waals surface area (Å²) in [5.74, 6) is -0.0704. The van der Waals surface area contributed by atoms with Crippen molar-refractivity contribution in [1.29, 1.82) is 0 Å². The zero-order valence-electron chi connectivity index (χ0n) is 14.8. The fourth-order valence-corrected chi connectivity index (χ4v) is 3.42. The van der Waals surface area contributed by atoms with Gasteiger partial charge in [0, 0.05) is 19.6 Å². The molecule has 1 fully saturated rings. The number of carbonyl (C=O) groups excluding carboxylic acids is 1. The maximum Gasteiger partial charge on any atom is 0.317 e. The Labute approximate surface area is 153 Å². The lowest BCUT2D eigenvalue weighted by molar-refractivity contribution is 0.0666. The van der Waals surface area contributed by atoms with Crippen molar-refractivity contribution in [2.24, 2.45) is 5.92 Å². The minimum absolute atomic E-state index is 0.0697. The lowest BCUT2D eigenvalue weighted by Crippen LogP contribution is -2.45. The molecule has 5 heteroatoms. The molecule has 1 atom stereocenters. The highest BCUT2D eigenvalue weighted by atomic mass is 19.1. The molecule has 1 aliphatic rings. The van der Waals surface area contributed by atoms with Gasteiger partial charge in [-0.25, -0.2) is 9.18 Å². The van der Waals surface area contributed by atoms with Crippen LogP contribution in [-0.2, 0) is 6.42 Å². The number of halogens is 1. The van der Waals surface area contributed by atoms with Crippen LogP contribution in [-0.4, -0.2) is 35.7 Å². The number of likely N-dealkylation sites (tertiary alicyclic amines) is 1. The van der Waals surface area contributed by atoms with E-state index in [2.05, 4.69) is 5.32 Å². The highest BCUT2D eigenvalue weighted by Crippen LogP contribution is 2.30. The van der Waals surface area contributed by atoms with E-state index in [9.17, 15) is 14.3 Å². The number of aliphatic hydroxyl groups excluding tert-OH is 1. The summed E-state index contributed by atoms with van der Waals surface area (Å²) in [5.41, 5.74) is 1.94. The van der Waals surface area contributed by atoms with Gasteiger partial charge in [-0.1, -0.05) is 42.5 Å². The van der Waals surface area contributed by atoms with Crippen LogP contribution in [0.1, 0.15) is 30.1 Å². The number of benzene rings is 2. The molecule has 0 aliphatic carbocycles. The minimum atomic E-state index is -0.472. The number of carbonyl (C=O) groups is 1. The molecular weight excluding hydrogens is 331 g/mol. The average Bonchev–Trinajstić information content (AvgIpc) is 2.69. The van der Waals surface area contributed by atoms with Gasteiger partial charge in [0.1, 0.15) is 5.82 Å². The van der Waals surface area contributed by atoms with Gasteiger partial charge < -0.3 is 15.3 Å². The first-order valence-electron chi connectivity index (χ1n) is 9.14. The molecule has 4 nitrogen and oxygen atoms in total. The van der Waals surface area contributed by atoms with Crippen LogP contribution in [0, 0.1) is 11.7 Å². The zero-order valence-corrected chi connectivity index (χ0v) is 14.8. The Bertz CT molecular complexity index is 698. The Morgan fingerprint density at radius 2 is 1.77 bits per heavy atom. The fraction of sp³-hybridized carbons (Fsp3) is 0.381. The third-order valence-corrected chi connectivity index (χ3v) is 5.02. The number of aliphatic hydroxyl groups is 1. The first-order chi connectivity index (χ1) is 12.6. The smallest absolute Gasteiger partial charge is 0.317 e. The van der Waals surface area contributed by atoms with Gasteiger partial charge >= 0.3 is 6.03 Å². The van der Waals surface area contributed by atoms with Gasteiger partial charge in [0.2, 0.25) is 0 Å². The highest BCUT2D eigenvalue weighted by Gasteiger charge is 2.28. The molecule has 2 N–H and O–H groups in total. The number of rotatable bonds is 5. The molecule has 0 bridgehead atoms. The van der Waals surface area contributed by atoms with Crippen LogP contribution >= 0.6 is 0 Å². The maximum atomic E-state index is 12.9. The average molecular weight is 356 g/mol. The van der Waals surface area contributed by atoms with Crippen LogP contribution in [0.5, 0.6) is 0 Å². The Balaban J connectivity index is 1.41. The second-order valence-corrected chi connectivity index (χ2v) is 6.79. The maximum absolute atomic E-state index is 12.9. The van der Waals surface area contributed by atoms with Crippen LogP contribution in [0.3, 0.4) is 0 Å². The molecule has 0 spiro atoms. The van der Waals surface area contributed by atoms with Crippen LogP contribution in [0.25, 0.3) is 0 Å². The Morgan fingerprint density at radius 3 is 2.42 bits per heavy atom. The van der Waals surface area contributed by atoms with E-state index in [-0.39, 0.29) is 17.8 Å². The van der Waals surface area contributed by atoms with Crippen molar-refractivity contribution >= 4 is 6.03 Å². The van der Waals surface area contributed by atoms with Crippen molar-refractivity contribution in [3.63, 3.8) is 0 Å². The summed E-state index contributed by atoms with van der Waals surface area (Å²) >= 11 is 0. The standard InChI is InChI=1S/C21H25FN2O2/c22-19-8-6-16(7-9-19)10-13-23-21(26)24-14-11-18(12-15-24)20(25)17-4-2-1-3-5-17/h1-9,18,20,25H,10-15H2,(H,23,26). The monoisotopic (exact) mass is 356 g/mol. The Morgan fingerprint density at radius 1 is 1.12 bits per heavy atom. The van der Waals surface area contributed by atoms with E-state index in [1.54, 1.807) is 17.0 Å². The number of nitrogens with one attached hydrogen (secondary N) is 1. The van der Waals surface area contributed by atoms with Crippen LogP contribution in [0.4, 0.5) is 9.18 Å². The molecule has 2 amide bonds. The zero-order chi connectivity index (χ0) is 18.4. The van der Waals surface area contributed by atoms with Gasteiger partial charge in [0.15, 0.2) is 0 Å². The number of hydrogen-bond donors (Lipinski definition) is 2. The highest BCUT2D eigenvalue weighted by molar-refractivity contribution is 5.74. The van der Waals surface area contributed by atoms with Crippen molar-refractivity contribution in [2.75, 3.05) is 19.6 Å². The van der Waals surface area contributed by atoms with E-state index < -0.39 is 6.10 Å². The van der Waals surface area contributed by atoms with Gasteiger partial charge in [0.05, 0.1) is 6.10 Å². The van der Waals surface area contributed by atoms with E-state index in [4.69, 9.17) is 0 Å². The summed E-state index contributed by atoms with van der Waals surface area (Å²) in [6, 6.07) is 16.0. The molecule has 2 aromatic carbocycles. The van der Waals surface area contributed by atoms with Gasteiger partial charge in [-0.05, 0) is 48.4 Å². The molecule has 138 valence electrons. The number of hydrogen-bond acceptors (Lipinski definition) is 2. The quantitative estimate of drug-likeness (QED) is 0.861. The molecule has 1 unspecified atom stereocenters. The Kier molecular flexibility index (Phi) is 6.23. The first kappa shape index (κ1) is 18.4. The lowest BCUT2D eigenvalue weighted by atomic mass is 9.87. The molecule has 3 rings (SSSR count). The van der Waals surface area contributed by atoms with Gasteiger partial charge in [-0.15, -0.1) is 0 Å². The third kappa shape index (κ3) is 4.82. The van der Waals surface area contributed by atoms with Gasteiger partial charge in [-0.2, -0.15) is 0 Å². The van der Waals surface area contributed by atoms with Crippen molar-refractivity contribution in [2.45, 2.75) is 25.4 Å². The van der Waals surface area contributed by atoms with Crippen molar-refractivity contribution in [3.8, 4) is 0 Å². The van der Waals surface area contributed by atoms with Crippen LogP contribution < -0.4 is 5.32 Å². The molecule has 0 aromatic heterocycles. The van der Waals surface area contributed by atoms with Crippen LogP contribution in [0.2, 0.25) is 0 Å². The molecule has 1 aliphatic heterocycles. The first-order valence-corrected chi connectivity index (χ1v) is 9.14. The van der Waals surface area contributed by atoms with Gasteiger partial charge in [-0.3, -0.25) is 0 Å². The van der Waals surface area contributed by atoms with Crippen LogP contribution in [0.15, 0.2) is 54.6 Å². The molecule has 1 saturated heterocycles. The van der Waals surface area contributed by atoms with Crippen molar-refractivity contribution in [1.82, 2.24) is 10.2 Å². The second kappa shape index (κ2) is 8.81. The molecular formula is C21H25FN2O2. The SMILES string of the molecule is O=C(NCCc1ccc(F)cc1)N1CCC(C(O)c2ccccc2)CC1. The van der Waals surface area contributed by atoms with E-state index >= 15 is 0 Å². The van der Waals surface area contributed by atoms with E-state index in [1.807, 2.05) is 30.3 Å².